The summed E-state index contributed by atoms with van der Waals surface area (Å²) in [6.45, 7) is 6.06. The molecule has 9 rings (SSSR count). The third-order valence-electron chi connectivity index (χ3n) is 10.5. The molecular formula is C37H36N4O4. The Balaban J connectivity index is 1.28. The summed E-state index contributed by atoms with van der Waals surface area (Å²) in [6.07, 6.45) is 0.157. The summed E-state index contributed by atoms with van der Waals surface area (Å²) in [5.74, 6) is 0.876. The normalized spacial score (nSPS) is 23.8. The maximum atomic E-state index is 13.6. The third kappa shape index (κ3) is 3.56. The van der Waals surface area contributed by atoms with Crippen molar-refractivity contribution in [3.05, 3.63) is 89.5 Å². The number of para-hydroxylation sites is 2. The van der Waals surface area contributed by atoms with Gasteiger partial charge in [-0.15, -0.1) is 0 Å². The van der Waals surface area contributed by atoms with E-state index in [0.717, 1.165) is 73.5 Å². The van der Waals surface area contributed by atoms with Crippen LogP contribution in [-0.2, 0) is 21.7 Å². The van der Waals surface area contributed by atoms with Crippen molar-refractivity contribution >= 4 is 49.5 Å². The Morgan fingerprint density at radius 2 is 1.76 bits per heavy atom. The van der Waals surface area contributed by atoms with Gasteiger partial charge < -0.3 is 28.7 Å². The smallest absolute Gasteiger partial charge is 0.252 e. The van der Waals surface area contributed by atoms with Gasteiger partial charge in [-0.1, -0.05) is 48.5 Å². The van der Waals surface area contributed by atoms with Crippen LogP contribution >= 0.6 is 0 Å². The van der Waals surface area contributed by atoms with E-state index in [1.165, 1.54) is 5.56 Å². The quantitative estimate of drug-likeness (QED) is 0.238. The minimum Gasteiger partial charge on any atom is -0.492 e. The van der Waals surface area contributed by atoms with Crippen molar-refractivity contribution in [2.24, 2.45) is 0 Å². The lowest BCUT2D eigenvalue weighted by molar-refractivity contribution is -0.267. The number of methoxy groups -OCH3 is 1. The fourth-order valence-corrected chi connectivity index (χ4v) is 8.62. The molecule has 0 radical (unpaired) electrons. The van der Waals surface area contributed by atoms with Crippen molar-refractivity contribution in [1.29, 1.82) is 0 Å². The second-order valence-corrected chi connectivity index (χ2v) is 13.0. The zero-order valence-electron chi connectivity index (χ0n) is 26.0. The highest BCUT2D eigenvalue weighted by Crippen LogP contribution is 2.54. The summed E-state index contributed by atoms with van der Waals surface area (Å²) in [4.78, 5) is 15.9. The van der Waals surface area contributed by atoms with Gasteiger partial charge in [0.15, 0.2) is 5.72 Å². The van der Waals surface area contributed by atoms with Crippen LogP contribution in [-0.4, -0.2) is 59.4 Å². The van der Waals surface area contributed by atoms with Crippen molar-refractivity contribution in [2.75, 3.05) is 27.3 Å². The molecule has 1 amide bonds. The monoisotopic (exact) mass is 600 g/mol. The van der Waals surface area contributed by atoms with E-state index in [-0.39, 0.29) is 24.3 Å². The molecule has 4 atom stereocenters. The van der Waals surface area contributed by atoms with Gasteiger partial charge in [-0.3, -0.25) is 9.69 Å². The number of hydrogen-bond donors (Lipinski definition) is 1. The lowest BCUT2D eigenvalue weighted by Crippen LogP contribution is -2.60. The van der Waals surface area contributed by atoms with Crippen LogP contribution in [0.25, 0.3) is 43.6 Å². The van der Waals surface area contributed by atoms with Gasteiger partial charge in [0.05, 0.1) is 27.6 Å². The molecule has 3 aliphatic heterocycles. The molecule has 45 heavy (non-hydrogen) atoms. The number of aromatic nitrogens is 2. The number of ether oxygens (including phenoxy) is 3. The molecule has 228 valence electrons. The van der Waals surface area contributed by atoms with Crippen LogP contribution in [0.5, 0.6) is 5.75 Å². The summed E-state index contributed by atoms with van der Waals surface area (Å²) in [5.41, 5.74) is 6.53. The first-order valence-corrected chi connectivity index (χ1v) is 15.8. The highest BCUT2D eigenvalue weighted by molar-refractivity contribution is 6.31. The van der Waals surface area contributed by atoms with Gasteiger partial charge in [-0.2, -0.15) is 0 Å². The molecule has 5 heterocycles. The minimum absolute atomic E-state index is 0.00743. The number of nitrogens with one attached hydrogen (secondary N) is 1. The lowest BCUT2D eigenvalue weighted by atomic mass is 9.91. The first kappa shape index (κ1) is 27.0. The molecule has 0 aliphatic carbocycles. The fraction of sp³-hybridized carbons (Fsp3) is 0.324. The van der Waals surface area contributed by atoms with E-state index in [2.05, 4.69) is 101 Å². The van der Waals surface area contributed by atoms with Gasteiger partial charge in [0.2, 0.25) is 0 Å². The second-order valence-electron chi connectivity index (χ2n) is 13.0. The Morgan fingerprint density at radius 3 is 2.53 bits per heavy atom. The molecule has 4 aromatic carbocycles. The maximum Gasteiger partial charge on any atom is 0.252 e. The molecule has 1 saturated heterocycles. The standard InChI is InChI=1S/C37H36N4O4/c1-21-10-9-11-22(18-21)44-17-16-39(3)28-19-29-40-26-14-7-5-12-23(26)31-32-25(20-38-36(32)42)30-24-13-6-8-15-27(24)41(34(30)33(31)40)37(2,45-29)35(28)43-4/h5-15,18,28-29,35H,16-17,19-20H2,1-4H3,(H,38,42). The maximum absolute atomic E-state index is 13.6. The van der Waals surface area contributed by atoms with Gasteiger partial charge in [-0.05, 0) is 56.3 Å². The van der Waals surface area contributed by atoms with E-state index in [1.807, 2.05) is 12.1 Å². The van der Waals surface area contributed by atoms with Crippen LogP contribution in [0.4, 0.5) is 0 Å². The number of carbonyl (C=O) groups excluding carboxylic acids is 1. The van der Waals surface area contributed by atoms with Gasteiger partial charge in [-0.25, -0.2) is 0 Å². The number of amides is 1. The molecule has 1 N–H and O–H groups in total. The van der Waals surface area contributed by atoms with Crippen LogP contribution in [0.1, 0.15) is 41.1 Å². The molecule has 2 aromatic heterocycles. The molecule has 8 heteroatoms. The van der Waals surface area contributed by atoms with Crippen LogP contribution < -0.4 is 10.1 Å². The second kappa shape index (κ2) is 9.57. The molecule has 1 fully saturated rings. The number of benzene rings is 4. The largest absolute Gasteiger partial charge is 0.492 e. The zero-order valence-corrected chi connectivity index (χ0v) is 26.0. The molecule has 8 nitrogen and oxygen atoms in total. The third-order valence-corrected chi connectivity index (χ3v) is 10.5. The first-order chi connectivity index (χ1) is 21.9. The van der Waals surface area contributed by atoms with Gasteiger partial charge in [0, 0.05) is 54.2 Å². The average molecular weight is 601 g/mol. The number of rotatable bonds is 6. The van der Waals surface area contributed by atoms with Crippen molar-refractivity contribution in [3.8, 4) is 5.75 Å². The molecule has 0 saturated carbocycles. The van der Waals surface area contributed by atoms with Crippen molar-refractivity contribution in [3.63, 3.8) is 0 Å². The average Bonchev–Trinajstić information content (AvgIpc) is 3.68. The van der Waals surface area contributed by atoms with Gasteiger partial charge >= 0.3 is 0 Å². The predicted octanol–water partition coefficient (Wildman–Crippen LogP) is 6.45. The van der Waals surface area contributed by atoms with E-state index < -0.39 is 5.72 Å². The Morgan fingerprint density at radius 1 is 1.00 bits per heavy atom. The molecule has 4 unspecified atom stereocenters. The SMILES string of the molecule is COC1C(N(C)CCOc2cccc(C)c2)CC2OC1(C)n1c3ccccc3c3c4c(c5c6ccccc6n2c5c31)C(=O)NC4. The number of fused-ring (bicyclic) bond motifs is 13. The van der Waals surface area contributed by atoms with Crippen molar-refractivity contribution < 1.29 is 19.0 Å². The molecule has 6 aromatic rings. The van der Waals surface area contributed by atoms with E-state index >= 15 is 0 Å². The molecule has 3 aliphatic rings. The van der Waals surface area contributed by atoms with E-state index in [4.69, 9.17) is 14.2 Å². The van der Waals surface area contributed by atoms with Crippen LogP contribution in [0.15, 0.2) is 72.8 Å². The topological polar surface area (TPSA) is 69.9 Å². The highest BCUT2D eigenvalue weighted by Gasteiger charge is 2.54. The number of aryl methyl sites for hydroxylation is 1. The lowest BCUT2D eigenvalue weighted by Gasteiger charge is -2.50. The summed E-state index contributed by atoms with van der Waals surface area (Å²) in [7, 11) is 3.96. The zero-order chi connectivity index (χ0) is 30.6. The number of carbonyl (C=O) groups is 1. The van der Waals surface area contributed by atoms with Crippen molar-refractivity contribution in [1.82, 2.24) is 19.4 Å². The van der Waals surface area contributed by atoms with E-state index in [9.17, 15) is 4.79 Å². The highest BCUT2D eigenvalue weighted by atomic mass is 16.6. The Kier molecular flexibility index (Phi) is 5.74. The van der Waals surface area contributed by atoms with Gasteiger partial charge in [0.1, 0.15) is 24.7 Å². The molecule has 2 bridgehead atoms. The van der Waals surface area contributed by atoms with Crippen LogP contribution in [0, 0.1) is 6.92 Å². The Labute approximate surface area is 261 Å². The summed E-state index contributed by atoms with van der Waals surface area (Å²) in [5, 5.41) is 7.50. The molecule has 0 spiro atoms. The number of likely N-dealkylation sites (N-methyl/N-ethyl adjacent to an activating group) is 1. The number of hydrogen-bond acceptors (Lipinski definition) is 5. The summed E-state index contributed by atoms with van der Waals surface area (Å²) in [6, 6.07) is 25.2. The fourth-order valence-electron chi connectivity index (χ4n) is 8.62. The van der Waals surface area contributed by atoms with Gasteiger partial charge in [0.25, 0.3) is 5.91 Å². The minimum atomic E-state index is -0.841. The van der Waals surface area contributed by atoms with Crippen LogP contribution in [0.3, 0.4) is 0 Å². The summed E-state index contributed by atoms with van der Waals surface area (Å²) >= 11 is 0. The Bertz CT molecular complexity index is 2200. The van der Waals surface area contributed by atoms with E-state index in [1.54, 1.807) is 7.11 Å². The molecular weight excluding hydrogens is 564 g/mol. The number of nitrogens with zero attached hydrogens (tertiary/aromatic N) is 3. The van der Waals surface area contributed by atoms with Crippen LogP contribution in [0.2, 0.25) is 0 Å². The van der Waals surface area contributed by atoms with Crippen molar-refractivity contribution in [2.45, 2.75) is 50.9 Å². The Hall–Kier alpha value is -4.37. The summed E-state index contributed by atoms with van der Waals surface area (Å²) < 4.78 is 24.7. The predicted molar refractivity (Wildman–Crippen MR) is 176 cm³/mol. The first-order valence-electron chi connectivity index (χ1n) is 15.8. The van der Waals surface area contributed by atoms with E-state index in [0.29, 0.717) is 13.2 Å².